The number of ether oxygens (including phenoxy) is 2. The summed E-state index contributed by atoms with van der Waals surface area (Å²) in [4.78, 5) is 21.6. The lowest BCUT2D eigenvalue weighted by Gasteiger charge is -2.25. The summed E-state index contributed by atoms with van der Waals surface area (Å²) >= 11 is 0. The molecule has 0 aliphatic heterocycles. The SMILES string of the molecule is COc1ccc(CC(=O)N(c2ccc(OC(F)F)cc2)c2cc(C(F)(F)F)cnc2C#N)cn1. The van der Waals surface area contributed by atoms with E-state index in [9.17, 15) is 32.0 Å². The third kappa shape index (κ3) is 5.74. The van der Waals surface area contributed by atoms with Crippen LogP contribution in [0.25, 0.3) is 0 Å². The van der Waals surface area contributed by atoms with Crippen molar-refractivity contribution in [1.82, 2.24) is 9.97 Å². The zero-order valence-electron chi connectivity index (χ0n) is 17.4. The van der Waals surface area contributed by atoms with Crippen molar-refractivity contribution in [3.05, 3.63) is 71.7 Å². The van der Waals surface area contributed by atoms with Crippen molar-refractivity contribution >= 4 is 17.3 Å². The van der Waals surface area contributed by atoms with Gasteiger partial charge in [0.25, 0.3) is 0 Å². The lowest BCUT2D eigenvalue weighted by Crippen LogP contribution is -2.29. The molecule has 1 amide bonds. The third-order valence-electron chi connectivity index (χ3n) is 4.47. The lowest BCUT2D eigenvalue weighted by atomic mass is 10.1. The predicted octanol–water partition coefficient (Wildman–Crippen LogP) is 4.88. The molecule has 0 aliphatic carbocycles. The summed E-state index contributed by atoms with van der Waals surface area (Å²) in [6.45, 7) is -3.09. The number of hydrogen-bond acceptors (Lipinski definition) is 6. The minimum absolute atomic E-state index is 0.00529. The molecule has 0 bridgehead atoms. The molecular weight excluding hydrogens is 463 g/mol. The Morgan fingerprint density at radius 1 is 1.12 bits per heavy atom. The Kier molecular flexibility index (Phi) is 7.25. The number of aromatic nitrogens is 2. The highest BCUT2D eigenvalue weighted by Crippen LogP contribution is 2.36. The Balaban J connectivity index is 2.08. The van der Waals surface area contributed by atoms with Crippen LogP contribution in [-0.4, -0.2) is 29.6 Å². The molecule has 0 spiro atoms. The Hall–Kier alpha value is -4.27. The fourth-order valence-electron chi connectivity index (χ4n) is 2.95. The molecule has 2 heterocycles. The number of pyridine rings is 2. The fraction of sp³-hybridized carbons (Fsp3) is 0.182. The molecule has 0 N–H and O–H groups in total. The van der Waals surface area contributed by atoms with Crippen molar-refractivity contribution in [2.24, 2.45) is 0 Å². The molecule has 0 unspecified atom stereocenters. The van der Waals surface area contributed by atoms with Gasteiger partial charge in [0.1, 0.15) is 11.8 Å². The number of carbonyl (C=O) groups is 1. The van der Waals surface area contributed by atoms with E-state index in [4.69, 9.17) is 4.74 Å². The molecule has 3 rings (SSSR count). The summed E-state index contributed by atoms with van der Waals surface area (Å²) in [5.74, 6) is -0.670. The number of nitrogens with zero attached hydrogens (tertiary/aromatic N) is 4. The number of halogens is 5. The van der Waals surface area contributed by atoms with Gasteiger partial charge in [-0.15, -0.1) is 0 Å². The van der Waals surface area contributed by atoms with Crippen LogP contribution < -0.4 is 14.4 Å². The van der Waals surface area contributed by atoms with E-state index in [0.29, 0.717) is 17.8 Å². The molecule has 0 saturated heterocycles. The molecule has 0 atom stereocenters. The third-order valence-corrected chi connectivity index (χ3v) is 4.47. The maximum Gasteiger partial charge on any atom is 0.417 e. The second kappa shape index (κ2) is 10.1. The summed E-state index contributed by atoms with van der Waals surface area (Å²) in [6, 6.07) is 9.95. The Morgan fingerprint density at radius 3 is 2.35 bits per heavy atom. The van der Waals surface area contributed by atoms with Crippen molar-refractivity contribution < 1.29 is 36.2 Å². The number of nitriles is 1. The quantitative estimate of drug-likeness (QED) is 0.450. The van der Waals surface area contributed by atoms with Gasteiger partial charge in [-0.3, -0.25) is 9.69 Å². The van der Waals surface area contributed by atoms with E-state index in [-0.39, 0.29) is 23.7 Å². The maximum atomic E-state index is 13.3. The summed E-state index contributed by atoms with van der Waals surface area (Å²) in [7, 11) is 1.40. The van der Waals surface area contributed by atoms with E-state index in [2.05, 4.69) is 14.7 Å². The van der Waals surface area contributed by atoms with Gasteiger partial charge < -0.3 is 9.47 Å². The minimum Gasteiger partial charge on any atom is -0.481 e. The number of methoxy groups -OCH3 is 1. The summed E-state index contributed by atoms with van der Waals surface area (Å²) in [6.07, 6.45) is -3.27. The molecule has 1 aromatic carbocycles. The zero-order chi connectivity index (χ0) is 24.9. The number of rotatable bonds is 7. The zero-order valence-corrected chi connectivity index (χ0v) is 17.4. The van der Waals surface area contributed by atoms with Crippen molar-refractivity contribution in [3.8, 4) is 17.7 Å². The standard InChI is InChI=1S/C22H15F5N4O3/c1-33-19-7-2-13(11-30-19)8-20(32)31(15-3-5-16(6-4-15)34-21(23)24)18-9-14(22(25,26)27)12-29-17(18)10-28/h2-7,9,11-12,21H,8H2,1H3. The highest BCUT2D eigenvalue weighted by molar-refractivity contribution is 6.02. The van der Waals surface area contributed by atoms with Gasteiger partial charge in [0.2, 0.25) is 11.8 Å². The first-order valence-electron chi connectivity index (χ1n) is 9.46. The van der Waals surface area contributed by atoms with Crippen molar-refractivity contribution in [1.29, 1.82) is 5.26 Å². The second-order valence-electron chi connectivity index (χ2n) is 6.69. The summed E-state index contributed by atoms with van der Waals surface area (Å²) in [5, 5.41) is 9.42. The van der Waals surface area contributed by atoms with Gasteiger partial charge in [0.05, 0.1) is 24.8 Å². The first-order chi connectivity index (χ1) is 16.1. The van der Waals surface area contributed by atoms with E-state index in [1.54, 1.807) is 6.07 Å². The van der Waals surface area contributed by atoms with Gasteiger partial charge in [0.15, 0.2) is 5.69 Å². The van der Waals surface area contributed by atoms with Crippen LogP contribution in [0.2, 0.25) is 0 Å². The Labute approximate surface area is 190 Å². The highest BCUT2D eigenvalue weighted by Gasteiger charge is 2.33. The molecule has 34 heavy (non-hydrogen) atoms. The number of amides is 1. The average molecular weight is 478 g/mol. The summed E-state index contributed by atoms with van der Waals surface area (Å²) in [5.41, 5.74) is -1.63. The van der Waals surface area contributed by atoms with E-state index >= 15 is 0 Å². The number of benzene rings is 1. The predicted molar refractivity (Wildman–Crippen MR) is 109 cm³/mol. The van der Waals surface area contributed by atoms with Crippen molar-refractivity contribution in [2.75, 3.05) is 12.0 Å². The van der Waals surface area contributed by atoms with Crippen LogP contribution in [0.4, 0.5) is 33.3 Å². The van der Waals surface area contributed by atoms with Crippen LogP contribution in [0.1, 0.15) is 16.8 Å². The number of carbonyl (C=O) groups excluding carboxylic acids is 1. The molecule has 2 aromatic heterocycles. The van der Waals surface area contributed by atoms with E-state index in [1.165, 1.54) is 37.6 Å². The molecule has 12 heteroatoms. The van der Waals surface area contributed by atoms with E-state index in [0.717, 1.165) is 17.0 Å². The van der Waals surface area contributed by atoms with Gasteiger partial charge in [-0.05, 0) is 35.9 Å². The van der Waals surface area contributed by atoms with Crippen LogP contribution >= 0.6 is 0 Å². The molecule has 176 valence electrons. The summed E-state index contributed by atoms with van der Waals surface area (Å²) < 4.78 is 74.2. The maximum absolute atomic E-state index is 13.3. The first-order valence-corrected chi connectivity index (χ1v) is 9.46. The molecular formula is C22H15F5N4O3. The van der Waals surface area contributed by atoms with Crippen LogP contribution in [0.15, 0.2) is 54.9 Å². The molecule has 0 fully saturated rings. The van der Waals surface area contributed by atoms with Gasteiger partial charge in [-0.1, -0.05) is 6.07 Å². The average Bonchev–Trinajstić information content (AvgIpc) is 2.80. The Morgan fingerprint density at radius 2 is 1.82 bits per heavy atom. The largest absolute Gasteiger partial charge is 0.481 e. The van der Waals surface area contributed by atoms with Crippen LogP contribution in [0, 0.1) is 11.3 Å². The van der Waals surface area contributed by atoms with Gasteiger partial charge >= 0.3 is 12.8 Å². The monoisotopic (exact) mass is 478 g/mol. The molecule has 7 nitrogen and oxygen atoms in total. The first kappa shape index (κ1) is 24.4. The smallest absolute Gasteiger partial charge is 0.417 e. The topological polar surface area (TPSA) is 88.3 Å². The van der Waals surface area contributed by atoms with Gasteiger partial charge in [0, 0.05) is 24.1 Å². The van der Waals surface area contributed by atoms with Gasteiger partial charge in [-0.2, -0.15) is 27.2 Å². The van der Waals surface area contributed by atoms with Crippen LogP contribution in [-0.2, 0) is 17.4 Å². The van der Waals surface area contributed by atoms with E-state index < -0.39 is 35.6 Å². The molecule has 0 saturated carbocycles. The normalized spacial score (nSPS) is 11.1. The lowest BCUT2D eigenvalue weighted by molar-refractivity contribution is -0.137. The second-order valence-corrected chi connectivity index (χ2v) is 6.69. The van der Waals surface area contributed by atoms with Crippen LogP contribution in [0.5, 0.6) is 11.6 Å². The Bertz CT molecular complexity index is 1190. The number of alkyl halides is 5. The van der Waals surface area contributed by atoms with Crippen molar-refractivity contribution in [3.63, 3.8) is 0 Å². The van der Waals surface area contributed by atoms with Gasteiger partial charge in [-0.25, -0.2) is 9.97 Å². The fourth-order valence-corrected chi connectivity index (χ4v) is 2.95. The van der Waals surface area contributed by atoms with E-state index in [1.807, 2.05) is 0 Å². The number of anilines is 2. The minimum atomic E-state index is -4.79. The molecule has 3 aromatic rings. The number of hydrogen-bond donors (Lipinski definition) is 0. The molecule has 0 radical (unpaired) electrons. The molecule has 0 aliphatic rings. The van der Waals surface area contributed by atoms with Crippen LogP contribution in [0.3, 0.4) is 0 Å². The highest BCUT2D eigenvalue weighted by atomic mass is 19.4. The van der Waals surface area contributed by atoms with Crippen molar-refractivity contribution in [2.45, 2.75) is 19.2 Å².